The quantitative estimate of drug-likeness (QED) is 0.119. The van der Waals surface area contributed by atoms with Crippen molar-refractivity contribution < 1.29 is 41.6 Å². The van der Waals surface area contributed by atoms with Gasteiger partial charge in [0, 0.05) is 23.3 Å². The zero-order chi connectivity index (χ0) is 33.1. The molecule has 0 saturated heterocycles. The minimum atomic E-state index is -4.10. The zero-order valence-electron chi connectivity index (χ0n) is 25.6. The fourth-order valence-corrected chi connectivity index (χ4v) is 4.23. The SMILES string of the molecule is CCCCOc1cc(C#Cc2ccc(C(=O)OCC)cc2)c(OCCCS(=O)(=O)O)cc1C#Cc1ccc(CC)cc1.O=C=O. The van der Waals surface area contributed by atoms with E-state index in [4.69, 9.17) is 28.4 Å². The highest BCUT2D eigenvalue weighted by Crippen LogP contribution is 2.29. The van der Waals surface area contributed by atoms with Crippen molar-refractivity contribution in [3.8, 4) is 35.2 Å². The Labute approximate surface area is 264 Å². The Hall–Kier alpha value is -4.86. The first-order chi connectivity index (χ1) is 21.6. The predicted molar refractivity (Wildman–Crippen MR) is 169 cm³/mol. The van der Waals surface area contributed by atoms with Crippen molar-refractivity contribution in [3.05, 3.63) is 94.0 Å². The first-order valence-corrected chi connectivity index (χ1v) is 16.0. The van der Waals surface area contributed by atoms with Gasteiger partial charge in [-0.15, -0.1) is 0 Å². The average Bonchev–Trinajstić information content (AvgIpc) is 3.02. The second-order valence-electron chi connectivity index (χ2n) is 9.47. The van der Waals surface area contributed by atoms with Crippen molar-refractivity contribution in [2.24, 2.45) is 0 Å². The van der Waals surface area contributed by atoms with E-state index in [1.165, 1.54) is 5.56 Å². The van der Waals surface area contributed by atoms with Gasteiger partial charge >= 0.3 is 12.1 Å². The van der Waals surface area contributed by atoms with Crippen molar-refractivity contribution in [3.63, 3.8) is 0 Å². The summed E-state index contributed by atoms with van der Waals surface area (Å²) >= 11 is 0. The largest absolute Gasteiger partial charge is 0.492 e. The smallest absolute Gasteiger partial charge is 0.373 e. The van der Waals surface area contributed by atoms with Gasteiger partial charge in [-0.3, -0.25) is 4.55 Å². The maximum Gasteiger partial charge on any atom is 0.373 e. The number of hydrogen-bond donors (Lipinski definition) is 1. The molecular weight excluding hydrogens is 596 g/mol. The molecule has 0 bridgehead atoms. The van der Waals surface area contributed by atoms with Gasteiger partial charge in [-0.05, 0) is 68.1 Å². The third-order valence-corrected chi connectivity index (χ3v) is 6.89. The van der Waals surface area contributed by atoms with Crippen LogP contribution in [-0.2, 0) is 30.9 Å². The molecule has 3 rings (SSSR count). The number of ether oxygens (including phenoxy) is 3. The van der Waals surface area contributed by atoms with E-state index >= 15 is 0 Å². The normalized spacial score (nSPS) is 10.0. The summed E-state index contributed by atoms with van der Waals surface area (Å²) in [7, 11) is -4.10. The van der Waals surface area contributed by atoms with Gasteiger partial charge in [0.15, 0.2) is 0 Å². The van der Waals surface area contributed by atoms with Crippen LogP contribution in [0.1, 0.15) is 78.2 Å². The lowest BCUT2D eigenvalue weighted by atomic mass is 10.1. The second-order valence-corrected chi connectivity index (χ2v) is 11.0. The molecule has 3 aromatic carbocycles. The number of carbonyl (C=O) groups is 1. The van der Waals surface area contributed by atoms with Crippen molar-refractivity contribution in [1.29, 1.82) is 0 Å². The molecule has 9 nitrogen and oxygen atoms in total. The van der Waals surface area contributed by atoms with E-state index in [1.807, 2.05) is 24.3 Å². The van der Waals surface area contributed by atoms with Crippen LogP contribution < -0.4 is 9.47 Å². The molecule has 0 aliphatic heterocycles. The molecule has 0 aliphatic rings. The van der Waals surface area contributed by atoms with E-state index in [-0.39, 0.29) is 19.2 Å². The lowest BCUT2D eigenvalue weighted by Crippen LogP contribution is -2.09. The highest BCUT2D eigenvalue weighted by atomic mass is 32.2. The van der Waals surface area contributed by atoms with E-state index in [9.17, 15) is 13.2 Å². The van der Waals surface area contributed by atoms with E-state index in [0.29, 0.717) is 47.0 Å². The highest BCUT2D eigenvalue weighted by Gasteiger charge is 2.12. The van der Waals surface area contributed by atoms with Crippen LogP contribution in [0.3, 0.4) is 0 Å². The fraction of sp³-hybridized carbons (Fsp3) is 0.314. The van der Waals surface area contributed by atoms with Gasteiger partial charge in [-0.25, -0.2) is 4.79 Å². The number of aryl methyl sites for hydroxylation is 1. The van der Waals surface area contributed by atoms with Gasteiger partial charge in [0.25, 0.3) is 10.1 Å². The lowest BCUT2D eigenvalue weighted by molar-refractivity contribution is -0.191. The molecule has 3 aromatic rings. The van der Waals surface area contributed by atoms with Crippen LogP contribution in [0.4, 0.5) is 0 Å². The Morgan fingerprint density at radius 1 is 0.756 bits per heavy atom. The minimum absolute atomic E-state index is 0.0457. The van der Waals surface area contributed by atoms with Crippen LogP contribution in [0.15, 0.2) is 60.7 Å². The molecule has 0 fully saturated rings. The molecule has 10 heteroatoms. The number of benzene rings is 3. The first-order valence-electron chi connectivity index (χ1n) is 14.4. The Kier molecular flexibility index (Phi) is 15.7. The van der Waals surface area contributed by atoms with Gasteiger partial charge in [-0.2, -0.15) is 18.0 Å². The first kappa shape index (κ1) is 36.3. The molecule has 0 radical (unpaired) electrons. The molecule has 1 N–H and O–H groups in total. The van der Waals surface area contributed by atoms with Gasteiger partial charge in [0.05, 0.1) is 42.3 Å². The molecule has 45 heavy (non-hydrogen) atoms. The standard InChI is InChI=1S/C34H36O7S.CO2/c1-4-7-21-40-32-24-31(20-16-28-13-17-29(18-14-28)34(35)39-6-3)33(41-22-8-23-42(36,37)38)25-30(32)19-15-27-11-9-26(5-2)10-12-27;2-1-3/h9-14,17-18,24-25H,4-8,21-23H2,1-3H3,(H,36,37,38);. The monoisotopic (exact) mass is 632 g/mol. The topological polar surface area (TPSA) is 133 Å². The Bertz CT molecular complexity index is 1660. The van der Waals surface area contributed by atoms with Crippen LogP contribution in [0.5, 0.6) is 11.5 Å². The fourth-order valence-electron chi connectivity index (χ4n) is 3.75. The molecule has 0 atom stereocenters. The third-order valence-electron chi connectivity index (χ3n) is 6.08. The number of rotatable bonds is 12. The molecule has 0 amide bonds. The summed E-state index contributed by atoms with van der Waals surface area (Å²) in [5.41, 5.74) is 4.33. The van der Waals surface area contributed by atoms with Crippen LogP contribution in [0.25, 0.3) is 0 Å². The number of carbonyl (C=O) groups excluding carboxylic acids is 3. The van der Waals surface area contributed by atoms with Crippen LogP contribution >= 0.6 is 0 Å². The summed E-state index contributed by atoms with van der Waals surface area (Å²) in [4.78, 5) is 28.2. The van der Waals surface area contributed by atoms with Crippen molar-refractivity contribution in [2.45, 2.75) is 46.5 Å². The Morgan fingerprint density at radius 3 is 1.69 bits per heavy atom. The summed E-state index contributed by atoms with van der Waals surface area (Å²) in [5.74, 6) is 12.7. The third kappa shape index (κ3) is 13.5. The number of esters is 1. The maximum atomic E-state index is 12.0. The molecule has 0 aliphatic carbocycles. The van der Waals surface area contributed by atoms with Crippen molar-refractivity contribution >= 4 is 22.2 Å². The predicted octanol–water partition coefficient (Wildman–Crippen LogP) is 5.48. The van der Waals surface area contributed by atoms with Crippen molar-refractivity contribution in [2.75, 3.05) is 25.6 Å². The molecule has 0 aromatic heterocycles. The highest BCUT2D eigenvalue weighted by molar-refractivity contribution is 7.85. The van der Waals surface area contributed by atoms with Crippen LogP contribution in [-0.4, -0.2) is 50.7 Å². The van der Waals surface area contributed by atoms with Gasteiger partial charge in [0.2, 0.25) is 0 Å². The Morgan fingerprint density at radius 2 is 1.24 bits per heavy atom. The van der Waals surface area contributed by atoms with E-state index in [1.54, 1.807) is 43.3 Å². The summed E-state index contributed by atoms with van der Waals surface area (Å²) in [6, 6.07) is 18.3. The number of unbranched alkanes of at least 4 members (excludes halogenated alkanes) is 1. The van der Waals surface area contributed by atoms with E-state index in [2.05, 4.69) is 37.5 Å². The van der Waals surface area contributed by atoms with Gasteiger partial charge in [0.1, 0.15) is 11.5 Å². The lowest BCUT2D eigenvalue weighted by Gasteiger charge is -2.13. The van der Waals surface area contributed by atoms with E-state index in [0.717, 1.165) is 24.8 Å². The van der Waals surface area contributed by atoms with E-state index < -0.39 is 21.8 Å². The average molecular weight is 633 g/mol. The summed E-state index contributed by atoms with van der Waals surface area (Å²) in [5, 5.41) is 0. The molecule has 236 valence electrons. The second kappa shape index (κ2) is 19.4. The molecular formula is C35H36O9S. The molecule has 0 spiro atoms. The zero-order valence-corrected chi connectivity index (χ0v) is 26.4. The van der Waals surface area contributed by atoms with Crippen molar-refractivity contribution in [1.82, 2.24) is 0 Å². The summed E-state index contributed by atoms with van der Waals surface area (Å²) in [6.45, 7) is 6.78. The molecule has 0 unspecified atom stereocenters. The number of hydrogen-bond acceptors (Lipinski definition) is 8. The summed E-state index contributed by atoms with van der Waals surface area (Å²) < 4.78 is 48.5. The molecule has 0 heterocycles. The minimum Gasteiger partial charge on any atom is -0.492 e. The van der Waals surface area contributed by atoms with Crippen LogP contribution in [0, 0.1) is 23.7 Å². The maximum absolute atomic E-state index is 12.0. The summed E-state index contributed by atoms with van der Waals surface area (Å²) in [6.07, 6.45) is 3.13. The molecule has 0 saturated carbocycles. The Balaban J connectivity index is 0.00000226. The van der Waals surface area contributed by atoms with Crippen LogP contribution in [0.2, 0.25) is 0 Å². The van der Waals surface area contributed by atoms with Gasteiger partial charge in [-0.1, -0.05) is 56.1 Å². The van der Waals surface area contributed by atoms with Gasteiger partial charge < -0.3 is 14.2 Å².